The Kier molecular flexibility index (Phi) is 5.28. The summed E-state index contributed by atoms with van der Waals surface area (Å²) in [5, 5.41) is 18.4. The van der Waals surface area contributed by atoms with E-state index in [4.69, 9.17) is 19.3 Å². The minimum atomic E-state index is -1.26. The van der Waals surface area contributed by atoms with Gasteiger partial charge in [-0.2, -0.15) is 0 Å². The monoisotopic (exact) mass is 342 g/mol. The van der Waals surface area contributed by atoms with Gasteiger partial charge in [-0.25, -0.2) is 14.0 Å². The number of carboxylic acid groups (broad SMARTS) is 2. The van der Waals surface area contributed by atoms with Crippen LogP contribution >= 0.6 is 0 Å². The highest BCUT2D eigenvalue weighted by Gasteiger charge is 2.43. The minimum absolute atomic E-state index is 0.0970. The zero-order chi connectivity index (χ0) is 17.9. The van der Waals surface area contributed by atoms with Crippen LogP contribution in [0.15, 0.2) is 12.1 Å². The van der Waals surface area contributed by atoms with Crippen molar-refractivity contribution in [2.45, 2.75) is 37.4 Å². The molecule has 0 atom stereocenters. The minimum Gasteiger partial charge on any atom is -0.496 e. The van der Waals surface area contributed by atoms with Gasteiger partial charge in [0.15, 0.2) is 17.2 Å². The molecule has 2 rings (SSSR count). The normalized spacial score (nSPS) is 23.5. The Morgan fingerprint density at radius 2 is 1.79 bits per heavy atom. The zero-order valence-corrected chi connectivity index (χ0v) is 13.4. The third-order valence-corrected chi connectivity index (χ3v) is 4.30. The van der Waals surface area contributed by atoms with Gasteiger partial charge < -0.3 is 24.4 Å². The van der Waals surface area contributed by atoms with Gasteiger partial charge in [0, 0.05) is 19.2 Å². The lowest BCUT2D eigenvalue weighted by Gasteiger charge is -2.35. The summed E-state index contributed by atoms with van der Waals surface area (Å²) in [5.41, 5.74) is -1.45. The van der Waals surface area contributed by atoms with E-state index < -0.39 is 29.5 Å². The van der Waals surface area contributed by atoms with Crippen molar-refractivity contribution in [3.63, 3.8) is 0 Å². The fourth-order valence-electron chi connectivity index (χ4n) is 2.82. The van der Waals surface area contributed by atoms with E-state index in [0.717, 1.165) is 12.1 Å². The highest BCUT2D eigenvalue weighted by Crippen LogP contribution is 2.35. The molecular weight excluding hydrogens is 323 g/mol. The molecule has 7 nitrogen and oxygen atoms in total. The predicted octanol–water partition coefficient (Wildman–Crippen LogP) is 2.32. The van der Waals surface area contributed by atoms with Crippen molar-refractivity contribution in [3.8, 4) is 11.5 Å². The van der Waals surface area contributed by atoms with Gasteiger partial charge in [-0.1, -0.05) is 0 Å². The largest absolute Gasteiger partial charge is 0.496 e. The van der Waals surface area contributed by atoms with Gasteiger partial charge in [0.1, 0.15) is 11.3 Å². The van der Waals surface area contributed by atoms with Crippen LogP contribution in [0.1, 0.15) is 36.0 Å². The van der Waals surface area contributed by atoms with Crippen molar-refractivity contribution in [1.29, 1.82) is 0 Å². The van der Waals surface area contributed by atoms with Gasteiger partial charge in [0.05, 0.1) is 13.2 Å². The maximum atomic E-state index is 14.1. The van der Waals surface area contributed by atoms with E-state index in [2.05, 4.69) is 0 Å². The molecule has 1 aliphatic carbocycles. The molecule has 1 aliphatic rings. The fourth-order valence-corrected chi connectivity index (χ4v) is 2.82. The van der Waals surface area contributed by atoms with Crippen LogP contribution in [0.4, 0.5) is 4.39 Å². The summed E-state index contributed by atoms with van der Waals surface area (Å²) in [7, 11) is 2.59. The first-order valence-corrected chi connectivity index (χ1v) is 7.39. The zero-order valence-electron chi connectivity index (χ0n) is 13.4. The van der Waals surface area contributed by atoms with Gasteiger partial charge >= 0.3 is 11.9 Å². The van der Waals surface area contributed by atoms with Gasteiger partial charge in [-0.3, -0.25) is 0 Å². The molecule has 0 amide bonds. The van der Waals surface area contributed by atoms with E-state index in [0.29, 0.717) is 12.8 Å². The Labute approximate surface area is 137 Å². The summed E-state index contributed by atoms with van der Waals surface area (Å²) in [5.74, 6) is -3.32. The number of aliphatic carboxylic acids is 1. The molecule has 0 aromatic heterocycles. The van der Waals surface area contributed by atoms with Crippen molar-refractivity contribution in [2.75, 3.05) is 14.2 Å². The Bertz CT molecular complexity index is 636. The number of methoxy groups -OCH3 is 2. The standard InChI is InChI=1S/C16H19FO7/c1-22-12-8-11(17)13(7-10(12)14(18)19)24-9-3-5-16(23-2,6-4-9)15(20)21/h7-9H,3-6H2,1-2H3,(H,18,19)(H,20,21)/t9-,16-. The van der Waals surface area contributed by atoms with Crippen LogP contribution in [0.3, 0.4) is 0 Å². The lowest BCUT2D eigenvalue weighted by molar-refractivity contribution is -0.168. The van der Waals surface area contributed by atoms with E-state index >= 15 is 0 Å². The molecule has 0 spiro atoms. The second-order valence-corrected chi connectivity index (χ2v) is 5.61. The first kappa shape index (κ1) is 18.0. The fraction of sp³-hybridized carbons (Fsp3) is 0.500. The highest BCUT2D eigenvalue weighted by molar-refractivity contribution is 5.91. The van der Waals surface area contributed by atoms with Crippen LogP contribution in [-0.4, -0.2) is 48.1 Å². The summed E-state index contributed by atoms with van der Waals surface area (Å²) in [4.78, 5) is 22.5. The summed E-state index contributed by atoms with van der Waals surface area (Å²) in [6.45, 7) is 0. The Balaban J connectivity index is 2.14. The lowest BCUT2D eigenvalue weighted by Crippen LogP contribution is -2.45. The number of rotatable bonds is 6. The maximum Gasteiger partial charge on any atom is 0.339 e. The van der Waals surface area contributed by atoms with Crippen molar-refractivity contribution in [3.05, 3.63) is 23.5 Å². The third kappa shape index (κ3) is 3.43. The highest BCUT2D eigenvalue weighted by atomic mass is 19.1. The molecule has 0 aliphatic heterocycles. The maximum absolute atomic E-state index is 14.1. The number of benzene rings is 1. The van der Waals surface area contributed by atoms with E-state index in [1.165, 1.54) is 14.2 Å². The Morgan fingerprint density at radius 3 is 2.25 bits per heavy atom. The molecule has 24 heavy (non-hydrogen) atoms. The van der Waals surface area contributed by atoms with E-state index in [1.54, 1.807) is 0 Å². The summed E-state index contributed by atoms with van der Waals surface area (Å²) >= 11 is 0. The number of halogens is 1. The molecule has 1 saturated carbocycles. The van der Waals surface area contributed by atoms with Crippen LogP contribution < -0.4 is 9.47 Å². The van der Waals surface area contributed by atoms with Crippen LogP contribution in [0.2, 0.25) is 0 Å². The average Bonchev–Trinajstić information content (AvgIpc) is 2.56. The molecule has 1 aromatic carbocycles. The summed E-state index contributed by atoms with van der Waals surface area (Å²) in [6.07, 6.45) is 0.750. The van der Waals surface area contributed by atoms with Gasteiger partial charge in [-0.05, 0) is 25.7 Å². The topological polar surface area (TPSA) is 102 Å². The van der Waals surface area contributed by atoms with Gasteiger partial charge in [0.2, 0.25) is 0 Å². The van der Waals surface area contributed by atoms with Crippen molar-refractivity contribution in [2.24, 2.45) is 0 Å². The quantitative estimate of drug-likeness (QED) is 0.818. The molecule has 2 N–H and O–H groups in total. The molecule has 0 bridgehead atoms. The van der Waals surface area contributed by atoms with Crippen LogP contribution in [0.25, 0.3) is 0 Å². The Hall–Kier alpha value is -2.35. The number of ether oxygens (including phenoxy) is 3. The third-order valence-electron chi connectivity index (χ3n) is 4.30. The van der Waals surface area contributed by atoms with Crippen LogP contribution in [-0.2, 0) is 9.53 Å². The van der Waals surface area contributed by atoms with E-state index in [9.17, 15) is 19.1 Å². The lowest BCUT2D eigenvalue weighted by atomic mass is 9.83. The molecule has 8 heteroatoms. The van der Waals surface area contributed by atoms with Gasteiger partial charge in [-0.15, -0.1) is 0 Å². The second kappa shape index (κ2) is 7.04. The molecule has 132 valence electrons. The van der Waals surface area contributed by atoms with Crippen molar-refractivity contribution >= 4 is 11.9 Å². The number of hydrogen-bond donors (Lipinski definition) is 2. The van der Waals surface area contributed by atoms with Crippen molar-refractivity contribution < 1.29 is 38.4 Å². The van der Waals surface area contributed by atoms with E-state index in [1.807, 2.05) is 0 Å². The second-order valence-electron chi connectivity index (χ2n) is 5.61. The Morgan fingerprint density at radius 1 is 1.17 bits per heavy atom. The molecule has 1 aromatic rings. The molecule has 0 saturated heterocycles. The molecular formula is C16H19FO7. The van der Waals surface area contributed by atoms with Gasteiger partial charge in [0.25, 0.3) is 0 Å². The molecule has 0 heterocycles. The van der Waals surface area contributed by atoms with E-state index in [-0.39, 0.29) is 29.9 Å². The smallest absolute Gasteiger partial charge is 0.339 e. The number of carbonyl (C=O) groups is 2. The summed E-state index contributed by atoms with van der Waals surface area (Å²) in [6, 6.07) is 2.03. The average molecular weight is 342 g/mol. The molecule has 0 unspecified atom stereocenters. The first-order valence-electron chi connectivity index (χ1n) is 7.39. The molecule has 0 radical (unpaired) electrons. The van der Waals surface area contributed by atoms with Crippen LogP contribution in [0.5, 0.6) is 11.5 Å². The predicted molar refractivity (Wildman–Crippen MR) is 80.2 cm³/mol. The number of hydrogen-bond acceptors (Lipinski definition) is 5. The van der Waals surface area contributed by atoms with Crippen molar-refractivity contribution in [1.82, 2.24) is 0 Å². The van der Waals surface area contributed by atoms with Crippen LogP contribution in [0, 0.1) is 5.82 Å². The number of aromatic carboxylic acids is 1. The SMILES string of the molecule is COc1cc(F)c(O[C@H]2CC[C@@](OC)(C(=O)O)CC2)cc1C(=O)O. The molecule has 1 fully saturated rings. The summed E-state index contributed by atoms with van der Waals surface area (Å²) < 4.78 is 29.6. The number of carboxylic acids is 2. The first-order chi connectivity index (χ1) is 11.3.